The quantitative estimate of drug-likeness (QED) is 0.834. The Morgan fingerprint density at radius 2 is 2.05 bits per heavy atom. The first-order chi connectivity index (χ1) is 10.2. The Morgan fingerprint density at radius 3 is 2.71 bits per heavy atom. The molecular weight excluding hydrogens is 260 g/mol. The smallest absolute Gasteiger partial charge is 0.0507 e. The Morgan fingerprint density at radius 1 is 1.29 bits per heavy atom. The minimum atomic E-state index is 0.677. The molecule has 0 saturated carbocycles. The molecule has 1 atom stereocenters. The number of nitrogens with zero attached hydrogens (tertiary/aromatic N) is 1. The van der Waals surface area contributed by atoms with Crippen LogP contribution in [0.25, 0.3) is 0 Å². The summed E-state index contributed by atoms with van der Waals surface area (Å²) in [5.41, 5.74) is 2.72. The van der Waals surface area contributed by atoms with E-state index >= 15 is 0 Å². The molecule has 0 amide bonds. The standard InChI is InChI=1S/C18H30N2O/c1-15(2)11-19-12-16-6-8-18(9-7-16)20-10-4-5-17(13-20)14-21-3/h6-9,15,17,19H,4-5,10-14H2,1-3H3. The Labute approximate surface area is 129 Å². The maximum absolute atomic E-state index is 5.31. The second-order valence-electron chi connectivity index (χ2n) is 6.60. The van der Waals surface area contributed by atoms with Crippen LogP contribution in [0.4, 0.5) is 5.69 Å². The van der Waals surface area contributed by atoms with E-state index in [1.165, 1.54) is 30.6 Å². The van der Waals surface area contributed by atoms with Crippen LogP contribution >= 0.6 is 0 Å². The van der Waals surface area contributed by atoms with Gasteiger partial charge in [-0.25, -0.2) is 0 Å². The normalized spacial score (nSPS) is 19.2. The van der Waals surface area contributed by atoms with Gasteiger partial charge < -0.3 is 15.0 Å². The molecule has 1 aromatic rings. The number of hydrogen-bond acceptors (Lipinski definition) is 3. The van der Waals surface area contributed by atoms with Gasteiger partial charge in [0, 0.05) is 32.4 Å². The molecule has 1 saturated heterocycles. The van der Waals surface area contributed by atoms with Crippen molar-refractivity contribution in [2.75, 3.05) is 38.3 Å². The van der Waals surface area contributed by atoms with Crippen LogP contribution in [0.3, 0.4) is 0 Å². The molecule has 118 valence electrons. The van der Waals surface area contributed by atoms with E-state index in [0.29, 0.717) is 11.8 Å². The summed E-state index contributed by atoms with van der Waals surface area (Å²) in [4.78, 5) is 2.50. The number of ether oxygens (including phenoxy) is 1. The Hall–Kier alpha value is -1.06. The van der Waals surface area contributed by atoms with E-state index in [1.807, 2.05) is 0 Å². The molecule has 1 unspecified atom stereocenters. The zero-order chi connectivity index (χ0) is 15.1. The molecule has 0 radical (unpaired) electrons. The van der Waals surface area contributed by atoms with E-state index in [0.717, 1.165) is 26.2 Å². The van der Waals surface area contributed by atoms with Gasteiger partial charge in [-0.1, -0.05) is 26.0 Å². The highest BCUT2D eigenvalue weighted by molar-refractivity contribution is 5.48. The first-order valence-corrected chi connectivity index (χ1v) is 8.22. The Kier molecular flexibility index (Phi) is 6.52. The van der Waals surface area contributed by atoms with Crippen LogP contribution in [-0.2, 0) is 11.3 Å². The molecule has 3 heteroatoms. The molecular formula is C18H30N2O. The molecule has 0 aliphatic carbocycles. The zero-order valence-corrected chi connectivity index (χ0v) is 13.8. The van der Waals surface area contributed by atoms with Gasteiger partial charge in [0.15, 0.2) is 0 Å². The molecule has 0 bridgehead atoms. The summed E-state index contributed by atoms with van der Waals surface area (Å²) in [5.74, 6) is 1.38. The van der Waals surface area contributed by atoms with Gasteiger partial charge in [-0.2, -0.15) is 0 Å². The molecule has 21 heavy (non-hydrogen) atoms. The molecule has 2 rings (SSSR count). The number of anilines is 1. The fraction of sp³-hybridized carbons (Fsp3) is 0.667. The monoisotopic (exact) mass is 290 g/mol. The molecule has 3 nitrogen and oxygen atoms in total. The molecule has 0 aromatic heterocycles. The predicted molar refractivity (Wildman–Crippen MR) is 89.8 cm³/mol. The van der Waals surface area contributed by atoms with Crippen molar-refractivity contribution >= 4 is 5.69 Å². The maximum atomic E-state index is 5.31. The summed E-state index contributed by atoms with van der Waals surface area (Å²) in [6.45, 7) is 9.70. The third-order valence-corrected chi connectivity index (χ3v) is 4.10. The fourth-order valence-corrected chi connectivity index (χ4v) is 3.00. The van der Waals surface area contributed by atoms with Gasteiger partial charge in [0.2, 0.25) is 0 Å². The second-order valence-corrected chi connectivity index (χ2v) is 6.60. The van der Waals surface area contributed by atoms with Gasteiger partial charge in [0.25, 0.3) is 0 Å². The summed E-state index contributed by atoms with van der Waals surface area (Å²) in [5, 5.41) is 3.49. The lowest BCUT2D eigenvalue weighted by molar-refractivity contribution is 0.143. The number of nitrogens with one attached hydrogen (secondary N) is 1. The van der Waals surface area contributed by atoms with E-state index in [1.54, 1.807) is 7.11 Å². The van der Waals surface area contributed by atoms with Crippen LogP contribution in [0.5, 0.6) is 0 Å². The van der Waals surface area contributed by atoms with Gasteiger partial charge in [0.05, 0.1) is 6.61 Å². The van der Waals surface area contributed by atoms with Crippen LogP contribution in [-0.4, -0.2) is 33.4 Å². The van der Waals surface area contributed by atoms with E-state index in [9.17, 15) is 0 Å². The fourth-order valence-electron chi connectivity index (χ4n) is 3.00. The first kappa shape index (κ1) is 16.3. The average molecular weight is 290 g/mol. The summed E-state index contributed by atoms with van der Waals surface area (Å²) in [7, 11) is 1.80. The summed E-state index contributed by atoms with van der Waals surface area (Å²) >= 11 is 0. The van der Waals surface area contributed by atoms with E-state index in [4.69, 9.17) is 4.74 Å². The molecule has 1 aromatic carbocycles. The van der Waals surface area contributed by atoms with Gasteiger partial charge in [-0.3, -0.25) is 0 Å². The lowest BCUT2D eigenvalue weighted by Gasteiger charge is -2.34. The molecule has 1 fully saturated rings. The third-order valence-electron chi connectivity index (χ3n) is 4.10. The minimum absolute atomic E-state index is 0.677. The van der Waals surface area contributed by atoms with E-state index in [2.05, 4.69) is 48.3 Å². The van der Waals surface area contributed by atoms with Crippen LogP contribution in [0, 0.1) is 11.8 Å². The second kappa shape index (κ2) is 8.40. The highest BCUT2D eigenvalue weighted by Gasteiger charge is 2.19. The van der Waals surface area contributed by atoms with Crippen molar-refractivity contribution in [3.63, 3.8) is 0 Å². The topological polar surface area (TPSA) is 24.5 Å². The number of methoxy groups -OCH3 is 1. The van der Waals surface area contributed by atoms with Crippen LogP contribution in [0.2, 0.25) is 0 Å². The number of piperidine rings is 1. The summed E-state index contributed by atoms with van der Waals surface area (Å²) < 4.78 is 5.31. The largest absolute Gasteiger partial charge is 0.384 e. The summed E-state index contributed by atoms with van der Waals surface area (Å²) in [6, 6.07) is 9.04. The molecule has 1 aliphatic heterocycles. The Balaban J connectivity index is 1.86. The van der Waals surface area contributed by atoms with Crippen molar-refractivity contribution in [3.05, 3.63) is 29.8 Å². The average Bonchev–Trinajstić information content (AvgIpc) is 2.48. The third kappa shape index (κ3) is 5.33. The number of benzene rings is 1. The van der Waals surface area contributed by atoms with Gasteiger partial charge in [-0.15, -0.1) is 0 Å². The SMILES string of the molecule is COCC1CCCN(c2ccc(CNCC(C)C)cc2)C1. The van der Waals surface area contributed by atoms with Crippen molar-refractivity contribution in [1.29, 1.82) is 0 Å². The van der Waals surface area contributed by atoms with Crippen molar-refractivity contribution in [3.8, 4) is 0 Å². The van der Waals surface area contributed by atoms with Crippen LogP contribution in [0.15, 0.2) is 24.3 Å². The number of hydrogen-bond donors (Lipinski definition) is 1. The van der Waals surface area contributed by atoms with E-state index in [-0.39, 0.29) is 0 Å². The Bertz CT molecular complexity index is 400. The first-order valence-electron chi connectivity index (χ1n) is 8.22. The van der Waals surface area contributed by atoms with E-state index < -0.39 is 0 Å². The van der Waals surface area contributed by atoms with Crippen molar-refractivity contribution < 1.29 is 4.74 Å². The highest BCUT2D eigenvalue weighted by Crippen LogP contribution is 2.23. The van der Waals surface area contributed by atoms with Gasteiger partial charge in [-0.05, 0) is 48.9 Å². The minimum Gasteiger partial charge on any atom is -0.384 e. The predicted octanol–water partition coefficient (Wildman–Crippen LogP) is 3.30. The number of rotatable bonds is 7. The van der Waals surface area contributed by atoms with Gasteiger partial charge >= 0.3 is 0 Å². The molecule has 1 heterocycles. The lowest BCUT2D eigenvalue weighted by Crippen LogP contribution is -2.37. The molecule has 0 spiro atoms. The van der Waals surface area contributed by atoms with Crippen molar-refractivity contribution in [2.24, 2.45) is 11.8 Å². The van der Waals surface area contributed by atoms with Crippen molar-refractivity contribution in [1.82, 2.24) is 5.32 Å². The lowest BCUT2D eigenvalue weighted by atomic mass is 9.98. The van der Waals surface area contributed by atoms with Crippen LogP contribution in [0.1, 0.15) is 32.3 Å². The molecule has 1 N–H and O–H groups in total. The maximum Gasteiger partial charge on any atom is 0.0507 e. The van der Waals surface area contributed by atoms with Gasteiger partial charge in [0.1, 0.15) is 0 Å². The summed E-state index contributed by atoms with van der Waals surface area (Å²) in [6.07, 6.45) is 2.56. The van der Waals surface area contributed by atoms with Crippen molar-refractivity contribution in [2.45, 2.75) is 33.2 Å². The zero-order valence-electron chi connectivity index (χ0n) is 13.8. The molecule has 1 aliphatic rings. The highest BCUT2D eigenvalue weighted by atomic mass is 16.5. The van der Waals surface area contributed by atoms with Crippen LogP contribution < -0.4 is 10.2 Å².